The van der Waals surface area contributed by atoms with Crippen LogP contribution in [0.2, 0.25) is 0 Å². The molecule has 0 saturated carbocycles. The molecule has 0 aromatic carbocycles. The van der Waals surface area contributed by atoms with Gasteiger partial charge in [-0.2, -0.15) is 0 Å². The number of carbonyl (C=O) groups excluding carboxylic acids is 2. The van der Waals surface area contributed by atoms with Crippen LogP contribution < -0.4 is 0 Å². The Kier molecular flexibility index (Phi) is 35.0. The Hall–Kier alpha value is -1.18. The fourth-order valence-corrected chi connectivity index (χ4v) is 7.20. The number of aliphatic hydroxyl groups excluding tert-OH is 3. The lowest BCUT2D eigenvalue weighted by molar-refractivity contribution is -0.296. The summed E-state index contributed by atoms with van der Waals surface area (Å²) in [5.41, 5.74) is -1.70. The fourth-order valence-electron chi connectivity index (χ4n) is 7.20. The van der Waals surface area contributed by atoms with Crippen LogP contribution in [0.3, 0.4) is 0 Å². The van der Waals surface area contributed by atoms with Crippen molar-refractivity contribution in [1.29, 1.82) is 0 Å². The third kappa shape index (κ3) is 25.5. The maximum Gasteiger partial charge on any atom is 0.309 e. The van der Waals surface area contributed by atoms with Gasteiger partial charge in [0.2, 0.25) is 0 Å². The van der Waals surface area contributed by atoms with Gasteiger partial charge in [-0.3, -0.25) is 9.59 Å². The Balaban J connectivity index is 4.47. The number of rotatable bonds is 40. The second-order valence-corrected chi connectivity index (χ2v) is 15.6. The van der Waals surface area contributed by atoms with E-state index in [0.717, 1.165) is 38.5 Å². The van der Waals surface area contributed by atoms with E-state index < -0.39 is 43.0 Å². The summed E-state index contributed by atoms with van der Waals surface area (Å²) in [6, 6.07) is 0. The summed E-state index contributed by atoms with van der Waals surface area (Å²) in [5.74, 6) is -2.98. The molecule has 0 aliphatic rings. The van der Waals surface area contributed by atoms with E-state index in [1.165, 1.54) is 141 Å². The standard InChI is InChI=1S/C44H86O7/c1-4-7-9-11-13-15-17-19-21-23-25-27-29-31-33-35-41(48)50-44(37-6-3,43(38-45,39-46)40-47)51-42(49)36-34-32-30-28-26-24-22-20-18-16-14-12-10-8-5-2/h45-47H,4-40H2,1-3H3. The van der Waals surface area contributed by atoms with Crippen LogP contribution in [0.25, 0.3) is 0 Å². The summed E-state index contributed by atoms with van der Waals surface area (Å²) in [7, 11) is 0. The van der Waals surface area contributed by atoms with Gasteiger partial charge in [-0.25, -0.2) is 0 Å². The zero-order valence-electron chi connectivity index (χ0n) is 34.1. The first-order valence-corrected chi connectivity index (χ1v) is 22.2. The molecule has 0 unspecified atom stereocenters. The maximum atomic E-state index is 13.1. The van der Waals surface area contributed by atoms with Gasteiger partial charge in [-0.1, -0.05) is 201 Å². The van der Waals surface area contributed by atoms with E-state index in [1.54, 1.807) is 0 Å². The van der Waals surface area contributed by atoms with Crippen molar-refractivity contribution in [3.63, 3.8) is 0 Å². The predicted octanol–water partition coefficient (Wildman–Crippen LogP) is 12.1. The zero-order valence-corrected chi connectivity index (χ0v) is 34.1. The summed E-state index contributed by atoms with van der Waals surface area (Å²) in [6.07, 6.45) is 37.9. The summed E-state index contributed by atoms with van der Waals surface area (Å²) >= 11 is 0. The van der Waals surface area contributed by atoms with Crippen LogP contribution in [0.4, 0.5) is 0 Å². The largest absolute Gasteiger partial charge is 0.422 e. The minimum absolute atomic E-state index is 0.0872. The lowest BCUT2D eigenvalue weighted by Crippen LogP contribution is -2.60. The molecule has 0 radical (unpaired) electrons. The number of hydrogen-bond donors (Lipinski definition) is 3. The van der Waals surface area contributed by atoms with Crippen LogP contribution in [0.15, 0.2) is 0 Å². The Labute approximate surface area is 315 Å². The number of hydrogen-bond acceptors (Lipinski definition) is 7. The van der Waals surface area contributed by atoms with E-state index in [2.05, 4.69) is 13.8 Å². The van der Waals surface area contributed by atoms with Crippen molar-refractivity contribution in [2.45, 2.75) is 245 Å². The van der Waals surface area contributed by atoms with E-state index in [-0.39, 0.29) is 19.3 Å². The number of ether oxygens (including phenoxy) is 2. The highest BCUT2D eigenvalue weighted by molar-refractivity contribution is 5.72. The molecule has 0 spiro atoms. The molecule has 0 rings (SSSR count). The van der Waals surface area contributed by atoms with E-state index in [1.807, 2.05) is 6.92 Å². The minimum atomic E-state index is -1.92. The van der Waals surface area contributed by atoms with Crippen molar-refractivity contribution in [1.82, 2.24) is 0 Å². The molecule has 7 nitrogen and oxygen atoms in total. The quantitative estimate of drug-likeness (QED) is 0.0327. The molecular weight excluding hydrogens is 640 g/mol. The Morgan fingerprint density at radius 3 is 0.824 bits per heavy atom. The predicted molar refractivity (Wildman–Crippen MR) is 213 cm³/mol. The molecule has 0 bridgehead atoms. The highest BCUT2D eigenvalue weighted by atomic mass is 16.7. The molecule has 3 N–H and O–H groups in total. The average Bonchev–Trinajstić information content (AvgIpc) is 3.12. The van der Waals surface area contributed by atoms with Gasteiger partial charge < -0.3 is 24.8 Å². The highest BCUT2D eigenvalue weighted by Gasteiger charge is 2.57. The van der Waals surface area contributed by atoms with Crippen LogP contribution in [0.1, 0.15) is 239 Å². The monoisotopic (exact) mass is 727 g/mol. The molecule has 0 aliphatic carbocycles. The lowest BCUT2D eigenvalue weighted by atomic mass is 9.78. The summed E-state index contributed by atoms with van der Waals surface area (Å²) < 4.78 is 11.7. The average molecular weight is 727 g/mol. The third-order valence-corrected chi connectivity index (χ3v) is 10.8. The molecule has 0 aliphatic heterocycles. The van der Waals surface area contributed by atoms with Crippen LogP contribution in [-0.4, -0.2) is 52.9 Å². The number of carbonyl (C=O) groups is 2. The molecule has 0 amide bonds. The van der Waals surface area contributed by atoms with E-state index in [4.69, 9.17) is 9.47 Å². The van der Waals surface area contributed by atoms with Crippen molar-refractivity contribution in [2.75, 3.05) is 19.8 Å². The number of unbranched alkanes of at least 4 members (excludes halogenated alkanes) is 28. The molecule has 304 valence electrons. The summed E-state index contributed by atoms with van der Waals surface area (Å²) in [4.78, 5) is 26.2. The van der Waals surface area contributed by atoms with Crippen LogP contribution in [0, 0.1) is 5.41 Å². The van der Waals surface area contributed by atoms with Gasteiger partial charge in [0.05, 0.1) is 19.8 Å². The molecule has 7 heteroatoms. The zero-order chi connectivity index (χ0) is 37.7. The SMILES string of the molecule is CCCCCCCCCCCCCCCCCC(=O)OC(CCC)(OC(=O)CCCCCCCCCCCCCCCCC)C(CO)(CO)CO. The molecule has 0 atom stereocenters. The van der Waals surface area contributed by atoms with E-state index in [0.29, 0.717) is 19.3 Å². The number of aliphatic hydroxyl groups is 3. The molecule has 0 heterocycles. The van der Waals surface area contributed by atoms with Gasteiger partial charge in [-0.05, 0) is 19.3 Å². The van der Waals surface area contributed by atoms with E-state index >= 15 is 0 Å². The molecule has 0 aromatic rings. The molecule has 0 saturated heterocycles. The first kappa shape index (κ1) is 49.8. The topological polar surface area (TPSA) is 113 Å². The van der Waals surface area contributed by atoms with Gasteiger partial charge >= 0.3 is 11.9 Å². The molecule has 0 fully saturated rings. The van der Waals surface area contributed by atoms with Crippen molar-refractivity contribution in [3.05, 3.63) is 0 Å². The van der Waals surface area contributed by atoms with Crippen molar-refractivity contribution in [2.24, 2.45) is 5.41 Å². The van der Waals surface area contributed by atoms with Gasteiger partial charge in [0, 0.05) is 19.3 Å². The van der Waals surface area contributed by atoms with Crippen LogP contribution in [-0.2, 0) is 19.1 Å². The second-order valence-electron chi connectivity index (χ2n) is 15.6. The van der Waals surface area contributed by atoms with Gasteiger partial charge in [0.15, 0.2) is 0 Å². The fraction of sp³-hybridized carbons (Fsp3) is 0.955. The Bertz CT molecular complexity index is 710. The van der Waals surface area contributed by atoms with Gasteiger partial charge in [0.1, 0.15) is 5.41 Å². The van der Waals surface area contributed by atoms with Crippen molar-refractivity contribution < 1.29 is 34.4 Å². The Morgan fingerprint density at radius 2 is 0.608 bits per heavy atom. The van der Waals surface area contributed by atoms with Crippen LogP contribution in [0.5, 0.6) is 0 Å². The van der Waals surface area contributed by atoms with Crippen molar-refractivity contribution in [3.8, 4) is 0 Å². The van der Waals surface area contributed by atoms with Gasteiger partial charge in [-0.15, -0.1) is 0 Å². The molecule has 0 aromatic heterocycles. The summed E-state index contributed by atoms with van der Waals surface area (Å²) in [5, 5.41) is 30.9. The molecule has 51 heavy (non-hydrogen) atoms. The first-order chi connectivity index (χ1) is 24.9. The third-order valence-electron chi connectivity index (χ3n) is 10.8. The maximum absolute atomic E-state index is 13.1. The van der Waals surface area contributed by atoms with Gasteiger partial charge in [0.25, 0.3) is 5.79 Å². The highest BCUT2D eigenvalue weighted by Crippen LogP contribution is 2.40. The second kappa shape index (κ2) is 35.8. The summed E-state index contributed by atoms with van der Waals surface area (Å²) in [6.45, 7) is 4.33. The molecular formula is C44H86O7. The normalized spacial score (nSPS) is 12.0. The van der Waals surface area contributed by atoms with Crippen molar-refractivity contribution >= 4 is 11.9 Å². The Morgan fingerprint density at radius 1 is 0.373 bits per heavy atom. The van der Waals surface area contributed by atoms with Crippen LogP contribution >= 0.6 is 0 Å². The lowest BCUT2D eigenvalue weighted by Gasteiger charge is -2.45. The minimum Gasteiger partial charge on any atom is -0.422 e. The van der Waals surface area contributed by atoms with E-state index in [9.17, 15) is 24.9 Å². The first-order valence-electron chi connectivity index (χ1n) is 22.2. The smallest absolute Gasteiger partial charge is 0.309 e. The number of esters is 2.